The Morgan fingerprint density at radius 2 is 2.29 bits per heavy atom. The van der Waals surface area contributed by atoms with Gasteiger partial charge in [0, 0.05) is 10.5 Å². The monoisotopic (exact) mass is 355 g/mol. The topological polar surface area (TPSA) is 98.3 Å². The Morgan fingerprint density at radius 3 is 2.90 bits per heavy atom. The van der Waals surface area contributed by atoms with Gasteiger partial charge in [-0.1, -0.05) is 35.7 Å². The van der Waals surface area contributed by atoms with E-state index in [-0.39, 0.29) is 17.3 Å². The number of benzene rings is 1. The Kier molecular flexibility index (Phi) is 4.63. The van der Waals surface area contributed by atoms with E-state index in [2.05, 4.69) is 28.2 Å². The van der Waals surface area contributed by atoms with E-state index in [0.717, 1.165) is 12.8 Å². The molecule has 6 nitrogen and oxygen atoms in total. The summed E-state index contributed by atoms with van der Waals surface area (Å²) in [7, 11) is 0. The number of nitrogens with two attached hydrogens (primary N) is 1. The van der Waals surface area contributed by atoms with Crippen LogP contribution < -0.4 is 11.1 Å². The number of halogens is 1. The van der Waals surface area contributed by atoms with Crippen LogP contribution in [-0.2, 0) is 4.79 Å². The van der Waals surface area contributed by atoms with Crippen molar-refractivity contribution in [2.24, 2.45) is 11.7 Å². The molecule has 1 saturated carbocycles. The van der Waals surface area contributed by atoms with Gasteiger partial charge < -0.3 is 11.1 Å². The summed E-state index contributed by atoms with van der Waals surface area (Å²) in [5.74, 6) is 0.0360. The predicted octanol–water partition coefficient (Wildman–Crippen LogP) is 3.20. The summed E-state index contributed by atoms with van der Waals surface area (Å²) in [6, 6.07) is 4.52. The highest BCUT2D eigenvalue weighted by molar-refractivity contribution is 9.10. The quantitative estimate of drug-likeness (QED) is 0.642. The first-order valence-electron chi connectivity index (χ1n) is 6.86. The largest absolute Gasteiger partial charge is 0.319 e. The van der Waals surface area contributed by atoms with Crippen LogP contribution in [0.25, 0.3) is 0 Å². The number of anilines is 1. The smallest absolute Gasteiger partial charge is 0.293 e. The highest BCUT2D eigenvalue weighted by Gasteiger charge is 2.38. The van der Waals surface area contributed by atoms with Crippen LogP contribution in [0.5, 0.6) is 0 Å². The minimum Gasteiger partial charge on any atom is -0.319 e. The van der Waals surface area contributed by atoms with E-state index < -0.39 is 10.5 Å². The van der Waals surface area contributed by atoms with E-state index in [9.17, 15) is 14.9 Å². The molecule has 1 aliphatic carbocycles. The van der Waals surface area contributed by atoms with Gasteiger partial charge in [0.05, 0.1) is 10.5 Å². The van der Waals surface area contributed by atoms with Gasteiger partial charge in [0.15, 0.2) is 0 Å². The molecule has 2 unspecified atom stereocenters. The number of amides is 1. The zero-order valence-electron chi connectivity index (χ0n) is 11.8. The first kappa shape index (κ1) is 15.9. The molecule has 1 aliphatic rings. The van der Waals surface area contributed by atoms with Gasteiger partial charge >= 0.3 is 0 Å². The van der Waals surface area contributed by atoms with Crippen LogP contribution in [0.4, 0.5) is 11.4 Å². The van der Waals surface area contributed by atoms with Crippen LogP contribution in [0.2, 0.25) is 0 Å². The second kappa shape index (κ2) is 6.11. The molecule has 3 N–H and O–H groups in total. The highest BCUT2D eigenvalue weighted by atomic mass is 79.9. The fraction of sp³-hybridized carbons (Fsp3) is 0.500. The third-order valence-corrected chi connectivity index (χ3v) is 4.38. The Hall–Kier alpha value is -1.47. The van der Waals surface area contributed by atoms with Gasteiger partial charge in [-0.15, -0.1) is 0 Å². The molecule has 114 valence electrons. The van der Waals surface area contributed by atoms with E-state index in [0.29, 0.717) is 23.2 Å². The number of nitrogens with one attached hydrogen (secondary N) is 1. The Balaban J connectivity index is 2.21. The fourth-order valence-corrected chi connectivity index (χ4v) is 3.16. The number of rotatable bonds is 3. The molecule has 0 spiro atoms. The molecular formula is C14H18BrN3O3. The van der Waals surface area contributed by atoms with E-state index in [1.54, 1.807) is 6.07 Å². The van der Waals surface area contributed by atoms with Gasteiger partial charge in [0.25, 0.3) is 5.69 Å². The molecule has 2 atom stereocenters. The van der Waals surface area contributed by atoms with Crippen molar-refractivity contribution in [1.29, 1.82) is 0 Å². The third-order valence-electron chi connectivity index (χ3n) is 3.89. The van der Waals surface area contributed by atoms with Gasteiger partial charge in [-0.25, -0.2) is 0 Å². The Bertz CT molecular complexity index is 579. The van der Waals surface area contributed by atoms with E-state index in [1.165, 1.54) is 12.1 Å². The zero-order valence-corrected chi connectivity index (χ0v) is 13.4. The molecule has 0 aromatic heterocycles. The van der Waals surface area contributed by atoms with E-state index >= 15 is 0 Å². The van der Waals surface area contributed by atoms with E-state index in [1.807, 2.05) is 0 Å². The van der Waals surface area contributed by atoms with E-state index in [4.69, 9.17) is 5.73 Å². The molecule has 0 radical (unpaired) electrons. The summed E-state index contributed by atoms with van der Waals surface area (Å²) in [5.41, 5.74) is 5.29. The fourth-order valence-electron chi connectivity index (χ4n) is 2.81. The van der Waals surface area contributed by atoms with Crippen LogP contribution in [-0.4, -0.2) is 16.4 Å². The predicted molar refractivity (Wildman–Crippen MR) is 84.0 cm³/mol. The third kappa shape index (κ3) is 3.59. The minimum atomic E-state index is -0.946. The lowest BCUT2D eigenvalue weighted by Crippen LogP contribution is -2.53. The maximum atomic E-state index is 12.4. The van der Waals surface area contributed by atoms with Crippen LogP contribution >= 0.6 is 15.9 Å². The van der Waals surface area contributed by atoms with Crippen LogP contribution in [0, 0.1) is 16.0 Å². The molecular weight excluding hydrogens is 338 g/mol. The molecule has 1 aromatic rings. The summed E-state index contributed by atoms with van der Waals surface area (Å²) >= 11 is 3.18. The van der Waals surface area contributed by atoms with Gasteiger partial charge in [-0.2, -0.15) is 0 Å². The summed E-state index contributed by atoms with van der Waals surface area (Å²) in [6.45, 7) is 2.07. The van der Waals surface area contributed by atoms with Crippen LogP contribution in [0.3, 0.4) is 0 Å². The lowest BCUT2D eigenvalue weighted by molar-refractivity contribution is -0.384. The Labute approximate surface area is 131 Å². The van der Waals surface area contributed by atoms with Crippen LogP contribution in [0.15, 0.2) is 22.7 Å². The molecule has 0 heterocycles. The van der Waals surface area contributed by atoms with Crippen molar-refractivity contribution in [2.45, 2.75) is 38.1 Å². The molecule has 1 amide bonds. The van der Waals surface area contributed by atoms with Gasteiger partial charge in [0.2, 0.25) is 5.91 Å². The van der Waals surface area contributed by atoms with Crippen molar-refractivity contribution in [3.05, 3.63) is 32.8 Å². The average Bonchev–Trinajstić information content (AvgIpc) is 2.40. The molecule has 7 heteroatoms. The second-order valence-corrected chi connectivity index (χ2v) is 6.65. The Morgan fingerprint density at radius 1 is 1.57 bits per heavy atom. The van der Waals surface area contributed by atoms with Gasteiger partial charge in [0.1, 0.15) is 5.69 Å². The normalized spacial score (nSPS) is 25.4. The highest BCUT2D eigenvalue weighted by Crippen LogP contribution is 2.33. The van der Waals surface area contributed by atoms with Crippen molar-refractivity contribution >= 4 is 33.2 Å². The van der Waals surface area contributed by atoms with Crippen molar-refractivity contribution in [2.75, 3.05) is 5.32 Å². The lowest BCUT2D eigenvalue weighted by atomic mass is 9.76. The molecule has 0 saturated heterocycles. The second-order valence-electron chi connectivity index (χ2n) is 5.73. The summed E-state index contributed by atoms with van der Waals surface area (Å²) in [6.07, 6.45) is 3.16. The number of carbonyl (C=O) groups excluding carboxylic acids is 1. The maximum absolute atomic E-state index is 12.4. The SMILES string of the molecule is CC1CCCC(N)(C(=O)Nc2ccc(Br)cc2[N+](=O)[O-])C1. The number of nitro groups is 1. The standard InChI is InChI=1S/C14H18BrN3O3/c1-9-3-2-6-14(16,8-9)13(19)17-11-5-4-10(15)7-12(11)18(20)21/h4-5,7,9H,2-3,6,8,16H2,1H3,(H,17,19). The van der Waals surface area contributed by atoms with Crippen molar-refractivity contribution in [3.8, 4) is 0 Å². The number of nitro benzene ring substituents is 1. The summed E-state index contributed by atoms with van der Waals surface area (Å²) < 4.78 is 0.584. The van der Waals surface area contributed by atoms with Crippen molar-refractivity contribution in [3.63, 3.8) is 0 Å². The first-order chi connectivity index (χ1) is 9.82. The summed E-state index contributed by atoms with van der Waals surface area (Å²) in [5, 5.41) is 13.7. The van der Waals surface area contributed by atoms with Crippen molar-refractivity contribution < 1.29 is 9.72 Å². The number of nitrogens with zero attached hydrogens (tertiary/aromatic N) is 1. The maximum Gasteiger partial charge on any atom is 0.293 e. The number of hydrogen-bond acceptors (Lipinski definition) is 4. The van der Waals surface area contributed by atoms with Crippen molar-refractivity contribution in [1.82, 2.24) is 0 Å². The van der Waals surface area contributed by atoms with Gasteiger partial charge in [-0.05, 0) is 30.9 Å². The minimum absolute atomic E-state index is 0.148. The number of carbonyl (C=O) groups is 1. The van der Waals surface area contributed by atoms with Crippen LogP contribution in [0.1, 0.15) is 32.6 Å². The average molecular weight is 356 g/mol. The summed E-state index contributed by atoms with van der Waals surface area (Å²) in [4.78, 5) is 23.0. The lowest BCUT2D eigenvalue weighted by Gasteiger charge is -2.35. The van der Waals surface area contributed by atoms with Gasteiger partial charge in [-0.3, -0.25) is 14.9 Å². The zero-order chi connectivity index (χ0) is 15.6. The molecule has 2 rings (SSSR count). The molecule has 0 bridgehead atoms. The first-order valence-corrected chi connectivity index (χ1v) is 7.65. The molecule has 21 heavy (non-hydrogen) atoms. The molecule has 1 fully saturated rings. The molecule has 0 aliphatic heterocycles. The number of hydrogen-bond donors (Lipinski definition) is 2. The molecule has 1 aromatic carbocycles.